The lowest BCUT2D eigenvalue weighted by molar-refractivity contribution is 0.128. The van der Waals surface area contributed by atoms with Crippen molar-refractivity contribution in [1.82, 2.24) is 9.97 Å². The lowest BCUT2D eigenvalue weighted by Gasteiger charge is -2.08. The number of hydrogen-bond acceptors (Lipinski definition) is 5. The van der Waals surface area contributed by atoms with Crippen molar-refractivity contribution < 1.29 is 9.47 Å². The molecule has 0 radical (unpaired) electrons. The highest BCUT2D eigenvalue weighted by Crippen LogP contribution is 2.29. The molecule has 0 aliphatic rings. The maximum Gasteiger partial charge on any atom is 0.224 e. The van der Waals surface area contributed by atoms with Gasteiger partial charge in [0.2, 0.25) is 5.88 Å². The highest BCUT2D eigenvalue weighted by atomic mass is 35.5. The van der Waals surface area contributed by atoms with Gasteiger partial charge in [0.15, 0.2) is 5.82 Å². The van der Waals surface area contributed by atoms with Crippen LogP contribution in [0.5, 0.6) is 11.6 Å². The number of nitrogens with zero attached hydrogens (tertiary/aromatic N) is 2. The second-order valence-electron chi connectivity index (χ2n) is 3.86. The third-order valence-electron chi connectivity index (χ3n) is 2.32. The van der Waals surface area contributed by atoms with E-state index in [2.05, 4.69) is 9.97 Å². The largest absolute Gasteiger partial charge is 0.439 e. The Labute approximate surface area is 126 Å². The van der Waals surface area contributed by atoms with Crippen molar-refractivity contribution >= 4 is 29.0 Å². The zero-order valence-corrected chi connectivity index (χ0v) is 12.3. The molecule has 2 aromatic rings. The van der Waals surface area contributed by atoms with Crippen LogP contribution in [0.25, 0.3) is 0 Å². The van der Waals surface area contributed by atoms with Gasteiger partial charge in [-0.05, 0) is 19.1 Å². The molecule has 20 heavy (non-hydrogen) atoms. The van der Waals surface area contributed by atoms with Crippen LogP contribution in [0.2, 0.25) is 10.0 Å². The lowest BCUT2D eigenvalue weighted by Crippen LogP contribution is -2.03. The molecular formula is C13H13Cl2N3O2. The standard InChI is InChI=1S/C13H13Cl2N3O2/c1-2-19-7-12-17-11(16)6-13(18-12)20-8-3-4-9(14)10(15)5-8/h3-6H,2,7H2,1H3,(H2,16,17,18). The molecule has 0 saturated carbocycles. The summed E-state index contributed by atoms with van der Waals surface area (Å²) in [6.45, 7) is 2.74. The maximum absolute atomic E-state index is 5.92. The van der Waals surface area contributed by atoms with Crippen molar-refractivity contribution in [2.24, 2.45) is 0 Å². The van der Waals surface area contributed by atoms with Crippen molar-refractivity contribution in [3.05, 3.63) is 40.1 Å². The quantitative estimate of drug-likeness (QED) is 0.911. The van der Waals surface area contributed by atoms with E-state index in [9.17, 15) is 0 Å². The van der Waals surface area contributed by atoms with Crippen molar-refractivity contribution in [1.29, 1.82) is 0 Å². The number of nitrogens with two attached hydrogens (primary N) is 1. The van der Waals surface area contributed by atoms with Crippen molar-refractivity contribution in [2.45, 2.75) is 13.5 Å². The molecule has 0 unspecified atom stereocenters. The number of halogens is 2. The highest BCUT2D eigenvalue weighted by molar-refractivity contribution is 6.42. The number of ether oxygens (including phenoxy) is 2. The molecule has 2 rings (SSSR count). The molecule has 0 bridgehead atoms. The Kier molecular flexibility index (Phi) is 5.00. The van der Waals surface area contributed by atoms with E-state index in [0.29, 0.717) is 39.9 Å². The van der Waals surface area contributed by atoms with Gasteiger partial charge in [-0.15, -0.1) is 0 Å². The molecule has 1 heterocycles. The van der Waals surface area contributed by atoms with Gasteiger partial charge in [-0.2, -0.15) is 4.98 Å². The Bertz CT molecular complexity index is 608. The van der Waals surface area contributed by atoms with E-state index in [1.54, 1.807) is 18.2 Å². The lowest BCUT2D eigenvalue weighted by atomic mass is 10.3. The Balaban J connectivity index is 2.19. The average Bonchev–Trinajstić information content (AvgIpc) is 2.40. The molecule has 7 heteroatoms. The monoisotopic (exact) mass is 313 g/mol. The summed E-state index contributed by atoms with van der Waals surface area (Å²) in [6, 6.07) is 6.46. The SMILES string of the molecule is CCOCc1nc(N)cc(Oc2ccc(Cl)c(Cl)c2)n1. The van der Waals surface area contributed by atoms with Gasteiger partial charge in [-0.3, -0.25) is 0 Å². The second-order valence-corrected chi connectivity index (χ2v) is 4.68. The summed E-state index contributed by atoms with van der Waals surface area (Å²) < 4.78 is 10.8. The molecule has 0 aliphatic carbocycles. The van der Waals surface area contributed by atoms with Crippen LogP contribution in [0.1, 0.15) is 12.7 Å². The molecule has 0 atom stereocenters. The van der Waals surface area contributed by atoms with Crippen molar-refractivity contribution in [3.63, 3.8) is 0 Å². The molecule has 0 saturated heterocycles. The Hall–Kier alpha value is -1.56. The van der Waals surface area contributed by atoms with E-state index in [-0.39, 0.29) is 6.61 Å². The Morgan fingerprint density at radius 3 is 2.65 bits per heavy atom. The predicted octanol–water partition coefficient (Wildman–Crippen LogP) is 3.69. The minimum Gasteiger partial charge on any atom is -0.439 e. The minimum absolute atomic E-state index is 0.277. The molecule has 5 nitrogen and oxygen atoms in total. The first-order chi connectivity index (χ1) is 9.58. The molecule has 0 fully saturated rings. The molecule has 2 N–H and O–H groups in total. The van der Waals surface area contributed by atoms with Crippen molar-refractivity contribution in [2.75, 3.05) is 12.3 Å². The normalized spacial score (nSPS) is 10.6. The van der Waals surface area contributed by atoms with Crippen LogP contribution in [0.15, 0.2) is 24.3 Å². The van der Waals surface area contributed by atoms with Gasteiger partial charge in [0.1, 0.15) is 18.2 Å². The van der Waals surface area contributed by atoms with Crippen LogP contribution in [0.4, 0.5) is 5.82 Å². The highest BCUT2D eigenvalue weighted by Gasteiger charge is 2.07. The fraction of sp³-hybridized carbons (Fsp3) is 0.231. The summed E-state index contributed by atoms with van der Waals surface area (Å²) in [4.78, 5) is 8.26. The molecule has 1 aromatic carbocycles. The zero-order valence-electron chi connectivity index (χ0n) is 10.8. The third kappa shape index (κ3) is 3.96. The molecular weight excluding hydrogens is 301 g/mol. The summed E-state index contributed by atoms with van der Waals surface area (Å²) in [5.41, 5.74) is 5.70. The van der Waals surface area contributed by atoms with Crippen LogP contribution < -0.4 is 10.5 Å². The number of hydrogen-bond donors (Lipinski definition) is 1. The van der Waals surface area contributed by atoms with Crippen LogP contribution in [0, 0.1) is 0 Å². The fourth-order valence-electron chi connectivity index (χ4n) is 1.46. The van der Waals surface area contributed by atoms with E-state index in [4.69, 9.17) is 38.4 Å². The van der Waals surface area contributed by atoms with Crippen LogP contribution in [-0.4, -0.2) is 16.6 Å². The Morgan fingerprint density at radius 2 is 1.95 bits per heavy atom. The van der Waals surface area contributed by atoms with E-state index >= 15 is 0 Å². The summed E-state index contributed by atoms with van der Waals surface area (Å²) in [6.07, 6.45) is 0. The maximum atomic E-state index is 5.92. The predicted molar refractivity (Wildman–Crippen MR) is 78.3 cm³/mol. The van der Waals surface area contributed by atoms with Crippen molar-refractivity contribution in [3.8, 4) is 11.6 Å². The summed E-state index contributed by atoms with van der Waals surface area (Å²) >= 11 is 11.8. The van der Waals surface area contributed by atoms with E-state index in [1.807, 2.05) is 6.92 Å². The third-order valence-corrected chi connectivity index (χ3v) is 3.06. The first-order valence-corrected chi connectivity index (χ1v) is 6.68. The summed E-state index contributed by atoms with van der Waals surface area (Å²) in [7, 11) is 0. The number of aromatic nitrogens is 2. The molecule has 0 aliphatic heterocycles. The molecule has 1 aromatic heterocycles. The zero-order chi connectivity index (χ0) is 14.5. The topological polar surface area (TPSA) is 70.3 Å². The Morgan fingerprint density at radius 1 is 1.15 bits per heavy atom. The van der Waals surface area contributed by atoms with E-state index in [1.165, 1.54) is 6.07 Å². The van der Waals surface area contributed by atoms with Crippen LogP contribution in [0.3, 0.4) is 0 Å². The van der Waals surface area contributed by atoms with Gasteiger partial charge in [0, 0.05) is 18.7 Å². The van der Waals surface area contributed by atoms with Gasteiger partial charge >= 0.3 is 0 Å². The van der Waals surface area contributed by atoms with Crippen LogP contribution >= 0.6 is 23.2 Å². The average molecular weight is 314 g/mol. The van der Waals surface area contributed by atoms with E-state index < -0.39 is 0 Å². The number of nitrogen functional groups attached to an aromatic ring is 1. The number of benzene rings is 1. The fourth-order valence-corrected chi connectivity index (χ4v) is 1.75. The van der Waals surface area contributed by atoms with E-state index in [0.717, 1.165) is 0 Å². The molecule has 0 amide bonds. The molecule has 106 valence electrons. The van der Waals surface area contributed by atoms with Gasteiger partial charge in [0.05, 0.1) is 10.0 Å². The van der Waals surface area contributed by atoms with Gasteiger partial charge in [-0.25, -0.2) is 4.98 Å². The minimum atomic E-state index is 0.277. The number of rotatable bonds is 5. The van der Waals surface area contributed by atoms with Gasteiger partial charge < -0.3 is 15.2 Å². The number of anilines is 1. The first kappa shape index (κ1) is 14.8. The summed E-state index contributed by atoms with van der Waals surface area (Å²) in [5, 5.41) is 0.860. The summed E-state index contributed by atoms with van der Waals surface area (Å²) in [5.74, 6) is 1.61. The van der Waals surface area contributed by atoms with Gasteiger partial charge in [0.25, 0.3) is 0 Å². The van der Waals surface area contributed by atoms with Gasteiger partial charge in [-0.1, -0.05) is 23.2 Å². The first-order valence-electron chi connectivity index (χ1n) is 5.92. The van der Waals surface area contributed by atoms with Crippen LogP contribution in [-0.2, 0) is 11.3 Å². The molecule has 0 spiro atoms. The second kappa shape index (κ2) is 6.74. The smallest absolute Gasteiger partial charge is 0.224 e.